The molecular formula is C15H22N2O. The molecule has 0 aliphatic carbocycles. The minimum atomic E-state index is -0.195. The molecule has 1 amide bonds. The molecule has 1 aliphatic heterocycles. The molecule has 1 aromatic carbocycles. The molecule has 3 atom stereocenters. The van der Waals surface area contributed by atoms with Crippen LogP contribution in [-0.4, -0.2) is 29.9 Å². The highest BCUT2D eigenvalue weighted by Gasteiger charge is 2.33. The van der Waals surface area contributed by atoms with Crippen LogP contribution in [0.5, 0.6) is 0 Å². The first-order chi connectivity index (χ1) is 8.63. The van der Waals surface area contributed by atoms with E-state index in [1.54, 1.807) is 0 Å². The number of hydrogen-bond acceptors (Lipinski definition) is 2. The molecule has 0 bridgehead atoms. The lowest BCUT2D eigenvalue weighted by Gasteiger charge is -2.26. The smallest absolute Gasteiger partial charge is 0.231 e. The number of hydrogen-bond donors (Lipinski definition) is 1. The number of carbonyl (C=O) groups excluding carboxylic acids is 1. The van der Waals surface area contributed by atoms with Gasteiger partial charge in [0.1, 0.15) is 0 Å². The van der Waals surface area contributed by atoms with Gasteiger partial charge in [-0.1, -0.05) is 37.3 Å². The number of carbonyl (C=O) groups is 1. The molecule has 2 N–H and O–H groups in total. The first kappa shape index (κ1) is 13.1. The predicted molar refractivity (Wildman–Crippen MR) is 73.2 cm³/mol. The molecular weight excluding hydrogens is 224 g/mol. The zero-order valence-electron chi connectivity index (χ0n) is 11.2. The van der Waals surface area contributed by atoms with Crippen molar-refractivity contribution in [3.8, 4) is 0 Å². The van der Waals surface area contributed by atoms with E-state index in [1.807, 2.05) is 35.2 Å². The number of nitrogens with zero attached hydrogens (tertiary/aromatic N) is 1. The van der Waals surface area contributed by atoms with Gasteiger partial charge in [-0.3, -0.25) is 4.79 Å². The summed E-state index contributed by atoms with van der Waals surface area (Å²) in [5.41, 5.74) is 6.83. The molecule has 3 nitrogen and oxygen atoms in total. The van der Waals surface area contributed by atoms with Crippen LogP contribution in [-0.2, 0) is 4.79 Å². The topological polar surface area (TPSA) is 46.3 Å². The third-order valence-electron chi connectivity index (χ3n) is 3.80. The summed E-state index contributed by atoms with van der Waals surface area (Å²) >= 11 is 0. The van der Waals surface area contributed by atoms with E-state index in [9.17, 15) is 4.79 Å². The molecule has 0 radical (unpaired) electrons. The monoisotopic (exact) mass is 246 g/mol. The standard InChI is InChI=1S/C15H22N2O/c1-11-8-12(2)17(10-11)15(18)14(9-16)13-6-4-3-5-7-13/h3-7,11-12,14H,8-10,16H2,1-2H3. The second kappa shape index (κ2) is 5.53. The maximum absolute atomic E-state index is 12.6. The van der Waals surface area contributed by atoms with E-state index in [0.717, 1.165) is 18.5 Å². The Morgan fingerprint density at radius 3 is 2.56 bits per heavy atom. The van der Waals surface area contributed by atoms with Crippen molar-refractivity contribution in [3.05, 3.63) is 35.9 Å². The lowest BCUT2D eigenvalue weighted by atomic mass is 9.97. The van der Waals surface area contributed by atoms with Crippen molar-refractivity contribution in [1.82, 2.24) is 4.90 Å². The van der Waals surface area contributed by atoms with E-state index in [4.69, 9.17) is 5.73 Å². The van der Waals surface area contributed by atoms with Crippen LogP contribution in [0.1, 0.15) is 31.7 Å². The Bertz CT molecular complexity index is 404. The number of likely N-dealkylation sites (tertiary alicyclic amines) is 1. The van der Waals surface area contributed by atoms with Gasteiger partial charge in [0.25, 0.3) is 0 Å². The van der Waals surface area contributed by atoms with Crippen molar-refractivity contribution in [2.24, 2.45) is 11.7 Å². The minimum Gasteiger partial charge on any atom is -0.339 e. The van der Waals surface area contributed by atoms with Gasteiger partial charge in [0.05, 0.1) is 5.92 Å². The summed E-state index contributed by atoms with van der Waals surface area (Å²) in [6.07, 6.45) is 1.10. The lowest BCUT2D eigenvalue weighted by molar-refractivity contribution is -0.133. The second-order valence-electron chi connectivity index (χ2n) is 5.38. The zero-order valence-corrected chi connectivity index (χ0v) is 11.2. The van der Waals surface area contributed by atoms with Crippen molar-refractivity contribution < 1.29 is 4.79 Å². The lowest BCUT2D eigenvalue weighted by Crippen LogP contribution is -2.40. The first-order valence-electron chi connectivity index (χ1n) is 6.69. The Morgan fingerprint density at radius 1 is 1.39 bits per heavy atom. The predicted octanol–water partition coefficient (Wildman–Crippen LogP) is 1.99. The molecule has 0 aromatic heterocycles. The Labute approximate surface area is 109 Å². The Kier molecular flexibility index (Phi) is 4.02. The number of amides is 1. The van der Waals surface area contributed by atoms with Gasteiger partial charge in [0.2, 0.25) is 5.91 Å². The Balaban J connectivity index is 2.16. The molecule has 18 heavy (non-hydrogen) atoms. The molecule has 98 valence electrons. The fourth-order valence-corrected chi connectivity index (χ4v) is 2.87. The van der Waals surface area contributed by atoms with Gasteiger partial charge in [-0.2, -0.15) is 0 Å². The average molecular weight is 246 g/mol. The fraction of sp³-hybridized carbons (Fsp3) is 0.533. The molecule has 1 aliphatic rings. The maximum atomic E-state index is 12.6. The highest BCUT2D eigenvalue weighted by atomic mass is 16.2. The average Bonchev–Trinajstić information content (AvgIpc) is 2.70. The third-order valence-corrected chi connectivity index (χ3v) is 3.80. The van der Waals surface area contributed by atoms with Crippen LogP contribution >= 0.6 is 0 Å². The van der Waals surface area contributed by atoms with Crippen LogP contribution < -0.4 is 5.73 Å². The van der Waals surface area contributed by atoms with Crippen molar-refractivity contribution in [1.29, 1.82) is 0 Å². The van der Waals surface area contributed by atoms with Crippen LogP contribution in [0.3, 0.4) is 0 Å². The molecule has 1 fully saturated rings. The van der Waals surface area contributed by atoms with Crippen LogP contribution in [0.25, 0.3) is 0 Å². The van der Waals surface area contributed by atoms with E-state index < -0.39 is 0 Å². The Morgan fingerprint density at radius 2 is 2.06 bits per heavy atom. The van der Waals surface area contributed by atoms with Crippen LogP contribution in [0.15, 0.2) is 30.3 Å². The van der Waals surface area contributed by atoms with Gasteiger partial charge in [0, 0.05) is 19.1 Å². The van der Waals surface area contributed by atoms with Crippen LogP contribution in [0.4, 0.5) is 0 Å². The summed E-state index contributed by atoms with van der Waals surface area (Å²) in [7, 11) is 0. The molecule has 3 heteroatoms. The van der Waals surface area contributed by atoms with Gasteiger partial charge in [-0.15, -0.1) is 0 Å². The molecule has 1 aromatic rings. The van der Waals surface area contributed by atoms with Crippen molar-refractivity contribution in [2.75, 3.05) is 13.1 Å². The minimum absolute atomic E-state index is 0.181. The van der Waals surface area contributed by atoms with Crippen molar-refractivity contribution in [3.63, 3.8) is 0 Å². The highest BCUT2D eigenvalue weighted by Crippen LogP contribution is 2.27. The van der Waals surface area contributed by atoms with Crippen molar-refractivity contribution >= 4 is 5.91 Å². The van der Waals surface area contributed by atoms with E-state index in [1.165, 1.54) is 0 Å². The summed E-state index contributed by atoms with van der Waals surface area (Å²) in [6.45, 7) is 5.56. The number of benzene rings is 1. The third kappa shape index (κ3) is 2.56. The van der Waals surface area contributed by atoms with Crippen LogP contribution in [0, 0.1) is 5.92 Å². The number of rotatable bonds is 3. The van der Waals surface area contributed by atoms with Gasteiger partial charge < -0.3 is 10.6 Å². The Hall–Kier alpha value is -1.35. The largest absolute Gasteiger partial charge is 0.339 e. The van der Waals surface area contributed by atoms with Crippen LogP contribution in [0.2, 0.25) is 0 Å². The fourth-order valence-electron chi connectivity index (χ4n) is 2.87. The summed E-state index contributed by atoms with van der Waals surface area (Å²) in [5, 5.41) is 0. The molecule has 0 saturated carbocycles. The summed E-state index contributed by atoms with van der Waals surface area (Å²) in [5.74, 6) is 0.581. The van der Waals surface area contributed by atoms with Gasteiger partial charge in [-0.25, -0.2) is 0 Å². The summed E-state index contributed by atoms with van der Waals surface area (Å²) < 4.78 is 0. The van der Waals surface area contributed by atoms with Gasteiger partial charge >= 0.3 is 0 Å². The first-order valence-corrected chi connectivity index (χ1v) is 6.69. The quantitative estimate of drug-likeness (QED) is 0.886. The van der Waals surface area contributed by atoms with E-state index in [0.29, 0.717) is 18.5 Å². The molecule has 2 rings (SSSR count). The number of nitrogens with two attached hydrogens (primary N) is 1. The molecule has 3 unspecified atom stereocenters. The van der Waals surface area contributed by atoms with Gasteiger partial charge in [0.15, 0.2) is 0 Å². The van der Waals surface area contributed by atoms with Gasteiger partial charge in [-0.05, 0) is 24.8 Å². The zero-order chi connectivity index (χ0) is 13.1. The second-order valence-corrected chi connectivity index (χ2v) is 5.38. The van der Waals surface area contributed by atoms with Crippen molar-refractivity contribution in [2.45, 2.75) is 32.2 Å². The molecule has 0 spiro atoms. The SMILES string of the molecule is CC1CC(C)N(C(=O)C(CN)c2ccccc2)C1. The van der Waals surface area contributed by atoms with E-state index >= 15 is 0 Å². The highest BCUT2D eigenvalue weighted by molar-refractivity contribution is 5.84. The normalized spacial score (nSPS) is 25.2. The van der Waals surface area contributed by atoms with E-state index in [2.05, 4.69) is 13.8 Å². The summed E-state index contributed by atoms with van der Waals surface area (Å²) in [6, 6.07) is 10.2. The molecule has 1 heterocycles. The summed E-state index contributed by atoms with van der Waals surface area (Å²) in [4.78, 5) is 14.6. The maximum Gasteiger partial charge on any atom is 0.231 e. The molecule has 1 saturated heterocycles. The van der Waals surface area contributed by atoms with E-state index in [-0.39, 0.29) is 11.8 Å².